The molecule has 23 heavy (non-hydrogen) atoms. The predicted octanol–water partition coefficient (Wildman–Crippen LogP) is 1.82. The van der Waals surface area contributed by atoms with Gasteiger partial charge in [-0.05, 0) is 24.3 Å². The molecule has 0 spiro atoms. The van der Waals surface area contributed by atoms with Gasteiger partial charge in [-0.2, -0.15) is 18.4 Å². The van der Waals surface area contributed by atoms with E-state index in [1.54, 1.807) is 0 Å². The molecule has 0 saturated carbocycles. The predicted molar refractivity (Wildman–Crippen MR) is 70.9 cm³/mol. The van der Waals surface area contributed by atoms with E-state index in [4.69, 9.17) is 5.26 Å². The van der Waals surface area contributed by atoms with Gasteiger partial charge in [0.25, 0.3) is 5.91 Å². The van der Waals surface area contributed by atoms with Gasteiger partial charge < -0.3 is 9.47 Å². The minimum Gasteiger partial charge on any atom is -0.329 e. The number of carbonyl (C=O) groups excluding carboxylic acids is 1. The van der Waals surface area contributed by atoms with Crippen LogP contribution in [0.5, 0.6) is 0 Å². The number of rotatable bonds is 1. The third-order valence-corrected chi connectivity index (χ3v) is 3.55. The Bertz CT molecular complexity index is 788. The van der Waals surface area contributed by atoms with Crippen LogP contribution in [0, 0.1) is 11.3 Å². The summed E-state index contributed by atoms with van der Waals surface area (Å²) in [7, 11) is 0. The Morgan fingerprint density at radius 1 is 1.17 bits per heavy atom. The highest BCUT2D eigenvalue weighted by Gasteiger charge is 2.39. The van der Waals surface area contributed by atoms with Gasteiger partial charge in [0.15, 0.2) is 5.82 Å². The average molecular weight is 321 g/mol. The minimum absolute atomic E-state index is 0.0147. The van der Waals surface area contributed by atoms with Crippen LogP contribution >= 0.6 is 0 Å². The molecule has 0 fully saturated rings. The first-order valence-electron chi connectivity index (χ1n) is 6.69. The summed E-state index contributed by atoms with van der Waals surface area (Å²) in [6, 6.07) is 8.01. The molecule has 3 rings (SSSR count). The van der Waals surface area contributed by atoms with Crippen LogP contribution in [-0.4, -0.2) is 32.1 Å². The molecule has 1 aromatic carbocycles. The molecule has 118 valence electrons. The maximum absolute atomic E-state index is 12.8. The quantitative estimate of drug-likeness (QED) is 0.803. The van der Waals surface area contributed by atoms with Crippen molar-refractivity contribution >= 4 is 5.91 Å². The SMILES string of the molecule is N#Cc1ccc(C(=O)N2CCn3c(nnc3C(F)(F)F)C2)cc1. The Balaban J connectivity index is 1.80. The molecule has 0 saturated heterocycles. The third kappa shape index (κ3) is 2.75. The van der Waals surface area contributed by atoms with Crippen molar-refractivity contribution in [2.24, 2.45) is 0 Å². The highest BCUT2D eigenvalue weighted by atomic mass is 19.4. The number of hydrogen-bond acceptors (Lipinski definition) is 4. The number of nitrogens with zero attached hydrogens (tertiary/aromatic N) is 5. The summed E-state index contributed by atoms with van der Waals surface area (Å²) in [5.41, 5.74) is 0.794. The van der Waals surface area contributed by atoms with Crippen LogP contribution in [0.2, 0.25) is 0 Å². The monoisotopic (exact) mass is 321 g/mol. The molecule has 0 aliphatic carbocycles. The normalized spacial score (nSPS) is 14.3. The standard InChI is InChI=1S/C14H10F3N5O/c15-14(16,17)13-20-19-11-8-21(5-6-22(11)13)12(23)10-3-1-9(7-18)2-4-10/h1-4H,5-6,8H2. The molecule has 0 radical (unpaired) electrons. The number of halogens is 3. The second-order valence-corrected chi connectivity index (χ2v) is 5.01. The molecule has 1 amide bonds. The van der Waals surface area contributed by atoms with E-state index < -0.39 is 12.0 Å². The zero-order chi connectivity index (χ0) is 16.6. The Morgan fingerprint density at radius 2 is 1.87 bits per heavy atom. The molecule has 2 heterocycles. The minimum atomic E-state index is -4.56. The topological polar surface area (TPSA) is 74.8 Å². The van der Waals surface area contributed by atoms with Gasteiger partial charge in [0.1, 0.15) is 0 Å². The smallest absolute Gasteiger partial charge is 0.329 e. The fourth-order valence-electron chi connectivity index (χ4n) is 2.41. The summed E-state index contributed by atoms with van der Waals surface area (Å²) >= 11 is 0. The van der Waals surface area contributed by atoms with Crippen LogP contribution in [-0.2, 0) is 19.3 Å². The van der Waals surface area contributed by atoms with Crippen LogP contribution in [0.15, 0.2) is 24.3 Å². The molecule has 0 unspecified atom stereocenters. The lowest BCUT2D eigenvalue weighted by Crippen LogP contribution is -2.39. The Morgan fingerprint density at radius 3 is 2.48 bits per heavy atom. The van der Waals surface area contributed by atoms with E-state index in [2.05, 4.69) is 10.2 Å². The van der Waals surface area contributed by atoms with E-state index in [1.165, 1.54) is 29.2 Å². The van der Waals surface area contributed by atoms with Crippen LogP contribution in [0.4, 0.5) is 13.2 Å². The molecule has 2 aromatic rings. The van der Waals surface area contributed by atoms with Crippen LogP contribution in [0.25, 0.3) is 0 Å². The summed E-state index contributed by atoms with van der Waals surface area (Å²) in [6.45, 7) is 0.0774. The lowest BCUT2D eigenvalue weighted by atomic mass is 10.1. The lowest BCUT2D eigenvalue weighted by molar-refractivity contribution is -0.147. The van der Waals surface area contributed by atoms with Crippen molar-refractivity contribution in [2.45, 2.75) is 19.3 Å². The lowest BCUT2D eigenvalue weighted by Gasteiger charge is -2.28. The highest BCUT2D eigenvalue weighted by molar-refractivity contribution is 5.94. The van der Waals surface area contributed by atoms with Crippen molar-refractivity contribution in [1.29, 1.82) is 5.26 Å². The summed E-state index contributed by atoms with van der Waals surface area (Å²) < 4.78 is 39.3. The number of fused-ring (bicyclic) bond motifs is 1. The molecule has 1 aliphatic rings. The van der Waals surface area contributed by atoms with Crippen molar-refractivity contribution in [3.63, 3.8) is 0 Å². The fraction of sp³-hybridized carbons (Fsp3) is 0.286. The molecule has 0 bridgehead atoms. The number of nitriles is 1. The number of benzene rings is 1. The highest BCUT2D eigenvalue weighted by Crippen LogP contribution is 2.29. The fourth-order valence-corrected chi connectivity index (χ4v) is 2.41. The maximum atomic E-state index is 12.8. The third-order valence-electron chi connectivity index (χ3n) is 3.55. The summed E-state index contributed by atoms with van der Waals surface area (Å²) in [6.07, 6.45) is -4.56. The Kier molecular flexibility index (Phi) is 3.52. The van der Waals surface area contributed by atoms with E-state index in [1.807, 2.05) is 6.07 Å². The largest absolute Gasteiger partial charge is 0.451 e. The second-order valence-electron chi connectivity index (χ2n) is 5.01. The molecule has 6 nitrogen and oxygen atoms in total. The molecule has 0 atom stereocenters. The van der Waals surface area contributed by atoms with Crippen LogP contribution < -0.4 is 0 Å². The first kappa shape index (κ1) is 15.0. The summed E-state index contributed by atoms with van der Waals surface area (Å²) in [4.78, 5) is 13.8. The number of carbonyl (C=O) groups is 1. The first-order valence-corrected chi connectivity index (χ1v) is 6.69. The van der Waals surface area contributed by atoms with Crippen molar-refractivity contribution in [1.82, 2.24) is 19.7 Å². The van der Waals surface area contributed by atoms with Crippen LogP contribution in [0.3, 0.4) is 0 Å². The van der Waals surface area contributed by atoms with Crippen molar-refractivity contribution in [3.8, 4) is 6.07 Å². The second kappa shape index (κ2) is 5.39. The Hall–Kier alpha value is -2.89. The van der Waals surface area contributed by atoms with Gasteiger partial charge in [-0.3, -0.25) is 4.79 Å². The van der Waals surface area contributed by atoms with Crippen molar-refractivity contribution in [2.75, 3.05) is 6.54 Å². The zero-order valence-electron chi connectivity index (χ0n) is 11.7. The Labute approximate surface area is 128 Å². The van der Waals surface area contributed by atoms with Gasteiger partial charge in [0, 0.05) is 18.7 Å². The molecule has 1 aromatic heterocycles. The number of aromatic nitrogens is 3. The molecular weight excluding hydrogens is 311 g/mol. The van der Waals surface area contributed by atoms with E-state index in [0.29, 0.717) is 11.1 Å². The van der Waals surface area contributed by atoms with Gasteiger partial charge in [-0.25, -0.2) is 0 Å². The molecule has 0 N–H and O–H groups in total. The summed E-state index contributed by atoms with van der Waals surface area (Å²) in [5.74, 6) is -1.26. The van der Waals surface area contributed by atoms with E-state index >= 15 is 0 Å². The average Bonchev–Trinajstić information content (AvgIpc) is 2.97. The maximum Gasteiger partial charge on any atom is 0.451 e. The van der Waals surface area contributed by atoms with Crippen molar-refractivity contribution in [3.05, 3.63) is 47.0 Å². The molecule has 9 heteroatoms. The summed E-state index contributed by atoms with van der Waals surface area (Å²) in [5, 5.41) is 15.4. The first-order chi connectivity index (χ1) is 10.9. The van der Waals surface area contributed by atoms with Gasteiger partial charge in [0.05, 0.1) is 18.2 Å². The molecule has 1 aliphatic heterocycles. The van der Waals surface area contributed by atoms with Gasteiger partial charge in [-0.15, -0.1) is 10.2 Å². The number of alkyl halides is 3. The van der Waals surface area contributed by atoms with Gasteiger partial charge in [-0.1, -0.05) is 0 Å². The van der Waals surface area contributed by atoms with Gasteiger partial charge in [0.2, 0.25) is 5.82 Å². The number of hydrogen-bond donors (Lipinski definition) is 0. The van der Waals surface area contributed by atoms with E-state index in [9.17, 15) is 18.0 Å². The van der Waals surface area contributed by atoms with Gasteiger partial charge >= 0.3 is 6.18 Å². The van der Waals surface area contributed by atoms with Crippen molar-refractivity contribution < 1.29 is 18.0 Å². The van der Waals surface area contributed by atoms with E-state index in [-0.39, 0.29) is 31.4 Å². The van der Waals surface area contributed by atoms with Crippen LogP contribution in [0.1, 0.15) is 27.6 Å². The van der Waals surface area contributed by atoms with E-state index in [0.717, 1.165) is 4.57 Å². The zero-order valence-corrected chi connectivity index (χ0v) is 11.7. The number of amides is 1. The molecular formula is C14H10F3N5O.